The van der Waals surface area contributed by atoms with Crippen LogP contribution in [0.4, 0.5) is 0 Å². The second-order valence-electron chi connectivity index (χ2n) is 3.84. The quantitative estimate of drug-likeness (QED) is 0.595. The fraction of sp³-hybridized carbons (Fsp3) is 0.909. The second-order valence-corrected chi connectivity index (χ2v) is 3.84. The van der Waals surface area contributed by atoms with Gasteiger partial charge in [-0.15, -0.1) is 0 Å². The lowest BCUT2D eigenvalue weighted by atomic mass is 9.77. The lowest BCUT2D eigenvalue weighted by molar-refractivity contribution is -0.128. The van der Waals surface area contributed by atoms with E-state index in [1.54, 1.807) is 0 Å². The first-order valence-corrected chi connectivity index (χ1v) is 5.14. The van der Waals surface area contributed by atoms with Crippen molar-refractivity contribution in [3.63, 3.8) is 0 Å². The molecule has 0 aliphatic rings. The lowest BCUT2D eigenvalue weighted by Gasteiger charge is -2.26. The molecular formula is C11H22O. The molecule has 0 unspecified atom stereocenters. The molecule has 0 aromatic carbocycles. The molecule has 0 rings (SSSR count). The van der Waals surface area contributed by atoms with Crippen LogP contribution in [0.25, 0.3) is 0 Å². The van der Waals surface area contributed by atoms with Crippen LogP contribution in [0.3, 0.4) is 0 Å². The Balaban J connectivity index is 4.26. The third-order valence-electron chi connectivity index (χ3n) is 2.60. The normalized spacial score (nSPS) is 11.7. The Morgan fingerprint density at radius 3 is 1.75 bits per heavy atom. The van der Waals surface area contributed by atoms with E-state index in [1.165, 1.54) is 0 Å². The monoisotopic (exact) mass is 170 g/mol. The number of Topliss-reactive ketones (excluding diaryl/α,β-unsaturated/α-hetero) is 1. The number of rotatable bonds is 6. The van der Waals surface area contributed by atoms with Gasteiger partial charge in [0.25, 0.3) is 0 Å². The SMILES string of the molecule is CCCC(C)(CCC)C(=O)CC. The van der Waals surface area contributed by atoms with Crippen molar-refractivity contribution >= 4 is 5.78 Å². The van der Waals surface area contributed by atoms with E-state index in [2.05, 4.69) is 20.8 Å². The molecule has 1 heteroatoms. The van der Waals surface area contributed by atoms with Crippen LogP contribution in [0.15, 0.2) is 0 Å². The van der Waals surface area contributed by atoms with Gasteiger partial charge in [-0.25, -0.2) is 0 Å². The summed E-state index contributed by atoms with van der Waals surface area (Å²) in [6, 6.07) is 0. The summed E-state index contributed by atoms with van der Waals surface area (Å²) in [4.78, 5) is 11.6. The zero-order valence-electron chi connectivity index (χ0n) is 8.94. The van der Waals surface area contributed by atoms with E-state index in [4.69, 9.17) is 0 Å². The van der Waals surface area contributed by atoms with Gasteiger partial charge in [0.15, 0.2) is 0 Å². The molecule has 0 atom stereocenters. The molecule has 0 saturated heterocycles. The summed E-state index contributed by atoms with van der Waals surface area (Å²) in [6.45, 7) is 8.38. The summed E-state index contributed by atoms with van der Waals surface area (Å²) in [6.07, 6.45) is 5.02. The van der Waals surface area contributed by atoms with Gasteiger partial charge in [-0.2, -0.15) is 0 Å². The number of ketones is 1. The Labute approximate surface area is 76.6 Å². The Hall–Kier alpha value is -0.330. The van der Waals surface area contributed by atoms with Crippen LogP contribution in [-0.2, 0) is 4.79 Å². The van der Waals surface area contributed by atoms with Crippen LogP contribution in [0, 0.1) is 5.41 Å². The average Bonchev–Trinajstić information content (AvgIpc) is 2.04. The molecule has 0 aromatic rings. The average molecular weight is 170 g/mol. The predicted molar refractivity (Wildman–Crippen MR) is 53.2 cm³/mol. The van der Waals surface area contributed by atoms with Crippen LogP contribution in [-0.4, -0.2) is 5.78 Å². The number of carbonyl (C=O) groups excluding carboxylic acids is 1. The third kappa shape index (κ3) is 2.96. The third-order valence-corrected chi connectivity index (χ3v) is 2.60. The van der Waals surface area contributed by atoms with Crippen LogP contribution < -0.4 is 0 Å². The zero-order valence-corrected chi connectivity index (χ0v) is 8.94. The first kappa shape index (κ1) is 11.7. The molecule has 72 valence electrons. The van der Waals surface area contributed by atoms with Crippen LogP contribution in [0.5, 0.6) is 0 Å². The summed E-state index contributed by atoms with van der Waals surface area (Å²) in [5.74, 6) is 0.436. The van der Waals surface area contributed by atoms with Crippen LogP contribution in [0.2, 0.25) is 0 Å². The minimum absolute atomic E-state index is 0.0295. The molecule has 0 aliphatic carbocycles. The largest absolute Gasteiger partial charge is 0.299 e. The summed E-state index contributed by atoms with van der Waals surface area (Å²) >= 11 is 0. The van der Waals surface area contributed by atoms with Gasteiger partial charge < -0.3 is 0 Å². The van der Waals surface area contributed by atoms with Gasteiger partial charge in [0.05, 0.1) is 0 Å². The summed E-state index contributed by atoms with van der Waals surface area (Å²) in [7, 11) is 0. The van der Waals surface area contributed by atoms with Crippen molar-refractivity contribution in [3.05, 3.63) is 0 Å². The van der Waals surface area contributed by atoms with Gasteiger partial charge in [-0.3, -0.25) is 4.79 Å². The van der Waals surface area contributed by atoms with E-state index in [-0.39, 0.29) is 5.41 Å². The molecule has 0 bridgehead atoms. The molecule has 1 nitrogen and oxygen atoms in total. The highest BCUT2D eigenvalue weighted by molar-refractivity contribution is 5.84. The van der Waals surface area contributed by atoms with Crippen molar-refractivity contribution in [2.45, 2.75) is 59.8 Å². The smallest absolute Gasteiger partial charge is 0.138 e. The molecule has 0 heterocycles. The second kappa shape index (κ2) is 5.34. The fourth-order valence-electron chi connectivity index (χ4n) is 1.93. The molecular weight excluding hydrogens is 148 g/mol. The van der Waals surface area contributed by atoms with Crippen molar-refractivity contribution in [1.29, 1.82) is 0 Å². The minimum atomic E-state index is -0.0295. The van der Waals surface area contributed by atoms with Crippen molar-refractivity contribution in [2.24, 2.45) is 5.41 Å². The van der Waals surface area contributed by atoms with E-state index in [0.29, 0.717) is 12.2 Å². The van der Waals surface area contributed by atoms with E-state index in [1.807, 2.05) is 6.92 Å². The highest BCUT2D eigenvalue weighted by Crippen LogP contribution is 2.31. The maximum absolute atomic E-state index is 11.6. The minimum Gasteiger partial charge on any atom is -0.299 e. The number of carbonyl (C=O) groups is 1. The molecule has 0 N–H and O–H groups in total. The lowest BCUT2D eigenvalue weighted by Crippen LogP contribution is -2.26. The van der Waals surface area contributed by atoms with Crippen LogP contribution in [0.1, 0.15) is 59.8 Å². The van der Waals surface area contributed by atoms with Gasteiger partial charge >= 0.3 is 0 Å². The first-order valence-electron chi connectivity index (χ1n) is 5.14. The Morgan fingerprint density at radius 2 is 1.50 bits per heavy atom. The number of hydrogen-bond acceptors (Lipinski definition) is 1. The van der Waals surface area contributed by atoms with Gasteiger partial charge in [-0.1, -0.05) is 40.5 Å². The topological polar surface area (TPSA) is 17.1 Å². The maximum Gasteiger partial charge on any atom is 0.138 e. The zero-order chi connectivity index (χ0) is 9.61. The van der Waals surface area contributed by atoms with Gasteiger partial charge in [0, 0.05) is 11.8 Å². The van der Waals surface area contributed by atoms with E-state index in [0.717, 1.165) is 25.7 Å². The molecule has 0 fully saturated rings. The maximum atomic E-state index is 11.6. The molecule has 0 aliphatic heterocycles. The van der Waals surface area contributed by atoms with Crippen molar-refractivity contribution in [1.82, 2.24) is 0 Å². The molecule has 0 amide bonds. The summed E-state index contributed by atoms with van der Waals surface area (Å²) in [5, 5.41) is 0. The molecule has 0 aromatic heterocycles. The van der Waals surface area contributed by atoms with Gasteiger partial charge in [0.2, 0.25) is 0 Å². The molecule has 0 saturated carbocycles. The van der Waals surface area contributed by atoms with E-state index < -0.39 is 0 Å². The Morgan fingerprint density at radius 1 is 1.08 bits per heavy atom. The van der Waals surface area contributed by atoms with Crippen LogP contribution >= 0.6 is 0 Å². The van der Waals surface area contributed by atoms with Crippen molar-refractivity contribution < 1.29 is 4.79 Å². The van der Waals surface area contributed by atoms with E-state index in [9.17, 15) is 4.79 Å². The fourth-order valence-corrected chi connectivity index (χ4v) is 1.93. The Bertz CT molecular complexity index is 132. The van der Waals surface area contributed by atoms with Gasteiger partial charge in [0.1, 0.15) is 5.78 Å². The standard InChI is InChI=1S/C11H22O/c1-5-8-11(4,9-6-2)10(12)7-3/h5-9H2,1-4H3. The molecule has 0 spiro atoms. The highest BCUT2D eigenvalue weighted by Gasteiger charge is 2.28. The van der Waals surface area contributed by atoms with Gasteiger partial charge in [-0.05, 0) is 12.8 Å². The van der Waals surface area contributed by atoms with Crippen molar-refractivity contribution in [2.75, 3.05) is 0 Å². The summed E-state index contributed by atoms with van der Waals surface area (Å²) < 4.78 is 0. The number of hydrogen-bond donors (Lipinski definition) is 0. The highest BCUT2D eigenvalue weighted by atomic mass is 16.1. The first-order chi connectivity index (χ1) is 5.60. The Kier molecular flexibility index (Phi) is 5.19. The van der Waals surface area contributed by atoms with E-state index >= 15 is 0 Å². The molecule has 12 heavy (non-hydrogen) atoms. The summed E-state index contributed by atoms with van der Waals surface area (Å²) in [5.41, 5.74) is -0.0295. The molecule has 0 radical (unpaired) electrons. The van der Waals surface area contributed by atoms with Crippen molar-refractivity contribution in [3.8, 4) is 0 Å². The predicted octanol–water partition coefficient (Wildman–Crippen LogP) is 3.57.